The number of hydrogen-bond donors (Lipinski definition) is 2. The van der Waals surface area contributed by atoms with E-state index in [2.05, 4.69) is 15.5 Å². The van der Waals surface area contributed by atoms with Gasteiger partial charge in [0.15, 0.2) is 5.82 Å². The summed E-state index contributed by atoms with van der Waals surface area (Å²) < 4.78 is 15.0. The molecule has 0 aliphatic carbocycles. The van der Waals surface area contributed by atoms with Gasteiger partial charge < -0.3 is 5.73 Å². The lowest BCUT2D eigenvalue weighted by Gasteiger charge is -2.27. The fourth-order valence-electron chi connectivity index (χ4n) is 2.96. The third-order valence-corrected chi connectivity index (χ3v) is 4.04. The van der Waals surface area contributed by atoms with Crippen LogP contribution in [0.1, 0.15) is 0 Å². The van der Waals surface area contributed by atoms with Crippen molar-refractivity contribution >= 4 is 11.8 Å². The summed E-state index contributed by atoms with van der Waals surface area (Å²) >= 11 is 0. The van der Waals surface area contributed by atoms with Crippen LogP contribution < -0.4 is 16.2 Å². The first-order chi connectivity index (χ1) is 12.1. The monoisotopic (exact) mass is 338 g/mol. The fourth-order valence-corrected chi connectivity index (χ4v) is 2.96. The third-order valence-electron chi connectivity index (χ3n) is 4.04. The number of nitrogens with two attached hydrogens (primary N) is 1. The maximum Gasteiger partial charge on any atom is 0.335 e. The number of amides is 2. The van der Waals surface area contributed by atoms with Crippen molar-refractivity contribution in [2.75, 3.05) is 11.6 Å². The predicted octanol–water partition coefficient (Wildman–Crippen LogP) is 2.15. The Bertz CT molecular complexity index is 922. The number of aromatic nitrogens is 3. The van der Waals surface area contributed by atoms with Crippen LogP contribution in [0, 0.1) is 5.82 Å². The molecule has 4 rings (SSSR count). The Labute approximate surface area is 142 Å². The first-order valence-electron chi connectivity index (χ1n) is 7.75. The zero-order valence-corrected chi connectivity index (χ0v) is 13.2. The molecule has 0 saturated heterocycles. The number of nitrogens with one attached hydrogen (secondary N) is 1. The normalized spacial score (nSPS) is 13.6. The molecule has 3 N–H and O–H groups in total. The van der Waals surface area contributed by atoms with Crippen molar-refractivity contribution in [1.29, 1.82) is 0 Å². The van der Waals surface area contributed by atoms with Crippen molar-refractivity contribution in [3.05, 3.63) is 54.6 Å². The number of halogens is 1. The molecule has 7 nitrogen and oxygen atoms in total. The minimum absolute atomic E-state index is 0.321. The molecule has 0 spiro atoms. The Kier molecular flexibility index (Phi) is 3.66. The average Bonchev–Trinajstić information content (AvgIpc) is 3.02. The summed E-state index contributed by atoms with van der Waals surface area (Å²) in [6, 6.07) is 9.13. The maximum absolute atomic E-state index is 13.3. The van der Waals surface area contributed by atoms with E-state index in [9.17, 15) is 9.18 Å². The number of benzene rings is 1. The SMILES string of the molecule is NC(=O)N1NCCn2nc(-c3ccc(F)cc3)c(-c3ccncc3)c21. The van der Waals surface area contributed by atoms with Gasteiger partial charge in [0.05, 0.1) is 12.1 Å². The summed E-state index contributed by atoms with van der Waals surface area (Å²) in [6.45, 7) is 1.11. The summed E-state index contributed by atoms with van der Waals surface area (Å²) in [7, 11) is 0. The van der Waals surface area contributed by atoms with E-state index in [1.165, 1.54) is 17.1 Å². The van der Waals surface area contributed by atoms with E-state index in [1.807, 2.05) is 12.1 Å². The van der Waals surface area contributed by atoms with Gasteiger partial charge in [0.25, 0.3) is 0 Å². The lowest BCUT2D eigenvalue weighted by Crippen LogP contribution is -2.51. The minimum atomic E-state index is -0.623. The van der Waals surface area contributed by atoms with Gasteiger partial charge in [-0.1, -0.05) is 0 Å². The summed E-state index contributed by atoms with van der Waals surface area (Å²) in [4.78, 5) is 15.9. The minimum Gasteiger partial charge on any atom is -0.350 e. The molecule has 0 fully saturated rings. The molecule has 2 amide bonds. The van der Waals surface area contributed by atoms with E-state index < -0.39 is 6.03 Å². The molecular weight excluding hydrogens is 323 g/mol. The van der Waals surface area contributed by atoms with Crippen LogP contribution in [0.4, 0.5) is 15.0 Å². The standard InChI is InChI=1S/C17H15FN6O/c18-13-3-1-12(2-4-13)15-14(11-5-7-20-8-6-11)16-23(22-15)10-9-21-24(16)17(19)25/h1-8,21H,9-10H2,(H2,19,25). The molecule has 0 bridgehead atoms. The number of hydrazine groups is 1. The second-order valence-corrected chi connectivity index (χ2v) is 5.59. The molecule has 8 heteroatoms. The van der Waals surface area contributed by atoms with Gasteiger partial charge in [-0.05, 0) is 42.0 Å². The molecule has 0 radical (unpaired) electrons. The topological polar surface area (TPSA) is 89.1 Å². The summed E-state index contributed by atoms with van der Waals surface area (Å²) in [5, 5.41) is 5.93. The number of carbonyl (C=O) groups excluding carboxylic acids is 1. The van der Waals surface area contributed by atoms with Crippen LogP contribution in [0.25, 0.3) is 22.4 Å². The van der Waals surface area contributed by atoms with Crippen LogP contribution in [0.5, 0.6) is 0 Å². The number of rotatable bonds is 2. The highest BCUT2D eigenvalue weighted by molar-refractivity contribution is 5.98. The van der Waals surface area contributed by atoms with Crippen molar-refractivity contribution < 1.29 is 9.18 Å². The Morgan fingerprint density at radius 2 is 1.84 bits per heavy atom. The quantitative estimate of drug-likeness (QED) is 0.749. The number of urea groups is 1. The Morgan fingerprint density at radius 1 is 1.12 bits per heavy atom. The van der Waals surface area contributed by atoms with Crippen LogP contribution in [0.2, 0.25) is 0 Å². The van der Waals surface area contributed by atoms with Gasteiger partial charge in [-0.25, -0.2) is 24.3 Å². The fraction of sp³-hybridized carbons (Fsp3) is 0.118. The number of primary amides is 1. The molecule has 0 saturated carbocycles. The molecule has 126 valence electrons. The number of anilines is 1. The predicted molar refractivity (Wildman–Crippen MR) is 90.9 cm³/mol. The van der Waals surface area contributed by atoms with Crippen LogP contribution in [-0.4, -0.2) is 27.3 Å². The van der Waals surface area contributed by atoms with Gasteiger partial charge in [-0.2, -0.15) is 5.10 Å². The Hall–Kier alpha value is -3.26. The van der Waals surface area contributed by atoms with E-state index in [4.69, 9.17) is 5.73 Å². The highest BCUT2D eigenvalue weighted by Gasteiger charge is 2.30. The van der Waals surface area contributed by atoms with Crippen LogP contribution >= 0.6 is 0 Å². The Balaban J connectivity index is 1.99. The first-order valence-corrected chi connectivity index (χ1v) is 7.75. The number of fused-ring (bicyclic) bond motifs is 1. The van der Waals surface area contributed by atoms with Gasteiger partial charge in [-0.15, -0.1) is 0 Å². The molecule has 25 heavy (non-hydrogen) atoms. The Morgan fingerprint density at radius 3 is 2.52 bits per heavy atom. The summed E-state index contributed by atoms with van der Waals surface area (Å²) in [5.41, 5.74) is 11.5. The highest BCUT2D eigenvalue weighted by Crippen LogP contribution is 2.39. The van der Waals surface area contributed by atoms with E-state index in [0.29, 0.717) is 24.6 Å². The van der Waals surface area contributed by atoms with E-state index >= 15 is 0 Å². The van der Waals surface area contributed by atoms with Gasteiger partial charge in [0, 0.05) is 24.5 Å². The van der Waals surface area contributed by atoms with Gasteiger partial charge in [-0.3, -0.25) is 4.98 Å². The third kappa shape index (κ3) is 2.62. The molecule has 0 unspecified atom stereocenters. The molecular formula is C17H15FN6O. The van der Waals surface area contributed by atoms with Crippen molar-refractivity contribution in [3.63, 3.8) is 0 Å². The zero-order chi connectivity index (χ0) is 17.4. The van der Waals surface area contributed by atoms with E-state index in [1.54, 1.807) is 29.2 Å². The summed E-state index contributed by atoms with van der Waals surface area (Å²) in [5.74, 6) is 0.239. The van der Waals surface area contributed by atoms with Crippen LogP contribution in [0.3, 0.4) is 0 Å². The van der Waals surface area contributed by atoms with E-state index in [0.717, 1.165) is 16.7 Å². The molecule has 0 atom stereocenters. The lowest BCUT2D eigenvalue weighted by molar-refractivity contribution is 0.249. The largest absolute Gasteiger partial charge is 0.350 e. The second-order valence-electron chi connectivity index (χ2n) is 5.59. The molecule has 3 aromatic rings. The molecule has 2 aromatic heterocycles. The van der Waals surface area contributed by atoms with Crippen LogP contribution in [0.15, 0.2) is 48.8 Å². The smallest absolute Gasteiger partial charge is 0.335 e. The number of hydrogen-bond acceptors (Lipinski definition) is 4. The van der Waals surface area contributed by atoms with E-state index in [-0.39, 0.29) is 5.82 Å². The average molecular weight is 338 g/mol. The van der Waals surface area contributed by atoms with Crippen molar-refractivity contribution in [2.24, 2.45) is 5.73 Å². The number of carbonyl (C=O) groups is 1. The second kappa shape index (κ2) is 5.99. The van der Waals surface area contributed by atoms with Gasteiger partial charge in [0.2, 0.25) is 0 Å². The molecule has 1 aliphatic rings. The van der Waals surface area contributed by atoms with Crippen LogP contribution in [-0.2, 0) is 6.54 Å². The lowest BCUT2D eigenvalue weighted by atomic mass is 10.0. The summed E-state index contributed by atoms with van der Waals surface area (Å²) in [6.07, 6.45) is 3.33. The number of pyridine rings is 1. The van der Waals surface area contributed by atoms with Gasteiger partial charge >= 0.3 is 6.03 Å². The maximum atomic E-state index is 13.3. The van der Waals surface area contributed by atoms with Crippen molar-refractivity contribution in [2.45, 2.75) is 6.54 Å². The first kappa shape index (κ1) is 15.3. The van der Waals surface area contributed by atoms with Crippen molar-refractivity contribution in [3.8, 4) is 22.4 Å². The van der Waals surface area contributed by atoms with Crippen molar-refractivity contribution in [1.82, 2.24) is 20.2 Å². The molecule has 3 heterocycles. The molecule has 1 aliphatic heterocycles. The zero-order valence-electron chi connectivity index (χ0n) is 13.2. The molecule has 1 aromatic carbocycles. The number of nitrogens with zero attached hydrogens (tertiary/aromatic N) is 4. The van der Waals surface area contributed by atoms with Gasteiger partial charge in [0.1, 0.15) is 11.5 Å². The highest BCUT2D eigenvalue weighted by atomic mass is 19.1.